The van der Waals surface area contributed by atoms with E-state index in [0.29, 0.717) is 49.9 Å². The van der Waals surface area contributed by atoms with Gasteiger partial charge in [-0.2, -0.15) is 0 Å². The lowest BCUT2D eigenvalue weighted by Crippen LogP contribution is -2.45. The predicted molar refractivity (Wildman–Crippen MR) is 133 cm³/mol. The number of amides is 2. The number of carbonyl (C=O) groups is 2. The maximum Gasteiger partial charge on any atom is 0.573 e. The van der Waals surface area contributed by atoms with Crippen LogP contribution in [0.1, 0.15) is 58.3 Å². The second kappa shape index (κ2) is 11.9. The zero-order valence-corrected chi connectivity index (χ0v) is 21.4. The molecule has 1 aromatic carbocycles. The minimum atomic E-state index is -4.73. The summed E-state index contributed by atoms with van der Waals surface area (Å²) in [5.74, 6) is -0.316. The number of halogens is 3. The molecule has 0 bridgehead atoms. The van der Waals surface area contributed by atoms with E-state index in [0.717, 1.165) is 19.3 Å². The summed E-state index contributed by atoms with van der Waals surface area (Å²) in [6.07, 6.45) is 3.58. The first-order valence-corrected chi connectivity index (χ1v) is 13.4. The number of carbonyl (C=O) groups excluding carboxylic acids is 2. The van der Waals surface area contributed by atoms with E-state index in [2.05, 4.69) is 15.4 Å². The van der Waals surface area contributed by atoms with Crippen LogP contribution in [-0.4, -0.2) is 62.0 Å². The number of nitrogens with zero attached hydrogens (tertiary/aromatic N) is 1. The summed E-state index contributed by atoms with van der Waals surface area (Å²) in [5.41, 5.74) is 1.20. The highest BCUT2D eigenvalue weighted by atomic mass is 19.4. The third kappa shape index (κ3) is 8.51. The molecule has 1 heterocycles. The average molecular weight is 526 g/mol. The van der Waals surface area contributed by atoms with Crippen molar-refractivity contribution in [1.82, 2.24) is 10.2 Å². The molecule has 206 valence electrons. The number of ether oxygens (including phenoxy) is 2. The van der Waals surface area contributed by atoms with E-state index in [-0.39, 0.29) is 35.9 Å². The molecule has 1 spiro atoms. The van der Waals surface area contributed by atoms with Gasteiger partial charge in [0.15, 0.2) is 0 Å². The molecule has 0 unspecified atom stereocenters. The summed E-state index contributed by atoms with van der Waals surface area (Å²) in [5, 5.41) is 6.18. The molecule has 1 aromatic rings. The van der Waals surface area contributed by atoms with Gasteiger partial charge in [-0.1, -0.05) is 0 Å². The zero-order valence-electron chi connectivity index (χ0n) is 21.4. The van der Waals surface area contributed by atoms with Crippen LogP contribution in [0, 0.1) is 17.3 Å². The summed E-state index contributed by atoms with van der Waals surface area (Å²) in [7, 11) is 0. The Balaban J connectivity index is 1.29. The van der Waals surface area contributed by atoms with E-state index in [1.807, 2.05) is 6.92 Å². The minimum absolute atomic E-state index is 0.00451. The highest BCUT2D eigenvalue weighted by Gasteiger charge is 2.45. The van der Waals surface area contributed by atoms with Gasteiger partial charge in [-0.3, -0.25) is 9.59 Å². The Morgan fingerprint density at radius 3 is 2.35 bits per heavy atom. The van der Waals surface area contributed by atoms with Gasteiger partial charge >= 0.3 is 6.36 Å². The Kier molecular flexibility index (Phi) is 8.87. The van der Waals surface area contributed by atoms with Crippen LogP contribution < -0.4 is 15.4 Å². The molecule has 2 amide bonds. The molecule has 2 atom stereocenters. The number of hydrogen-bond acceptors (Lipinski definition) is 5. The normalized spacial score (nSPS) is 21.2. The molecule has 4 rings (SSSR count). The van der Waals surface area contributed by atoms with Crippen LogP contribution in [0.15, 0.2) is 24.3 Å². The van der Waals surface area contributed by atoms with Gasteiger partial charge in [-0.25, -0.2) is 0 Å². The molecule has 7 nitrogen and oxygen atoms in total. The predicted octanol–water partition coefficient (Wildman–Crippen LogP) is 4.73. The number of alkyl halides is 3. The van der Waals surface area contributed by atoms with Crippen molar-refractivity contribution in [2.75, 3.05) is 38.2 Å². The molecule has 0 radical (unpaired) electrons. The van der Waals surface area contributed by atoms with E-state index in [1.165, 1.54) is 49.9 Å². The number of anilines is 1. The maximum absolute atomic E-state index is 13.3. The largest absolute Gasteiger partial charge is 0.573 e. The maximum atomic E-state index is 13.3. The van der Waals surface area contributed by atoms with Crippen LogP contribution >= 0.6 is 0 Å². The first-order chi connectivity index (χ1) is 17.6. The number of morpholine rings is 1. The lowest BCUT2D eigenvalue weighted by atomic mass is 9.75. The van der Waals surface area contributed by atoms with Crippen LogP contribution in [0.3, 0.4) is 0 Å². The Bertz CT molecular complexity index is 904. The van der Waals surface area contributed by atoms with Crippen molar-refractivity contribution in [3.05, 3.63) is 24.3 Å². The fourth-order valence-corrected chi connectivity index (χ4v) is 5.50. The van der Waals surface area contributed by atoms with E-state index < -0.39 is 6.36 Å². The van der Waals surface area contributed by atoms with Crippen molar-refractivity contribution < 1.29 is 32.2 Å². The quantitative estimate of drug-likeness (QED) is 0.462. The Hall–Kier alpha value is -2.49. The Morgan fingerprint density at radius 2 is 1.76 bits per heavy atom. The van der Waals surface area contributed by atoms with Crippen molar-refractivity contribution >= 4 is 17.5 Å². The van der Waals surface area contributed by atoms with Crippen LogP contribution in [0.4, 0.5) is 18.9 Å². The fraction of sp³-hybridized carbons (Fsp3) is 0.704. The number of hydrogen-bond donors (Lipinski definition) is 2. The van der Waals surface area contributed by atoms with Gasteiger partial charge in [0.2, 0.25) is 11.8 Å². The summed E-state index contributed by atoms with van der Waals surface area (Å²) >= 11 is 0. The summed E-state index contributed by atoms with van der Waals surface area (Å²) in [4.78, 5) is 28.1. The van der Waals surface area contributed by atoms with Crippen LogP contribution in [0.25, 0.3) is 0 Å². The minimum Gasteiger partial charge on any atom is -0.406 e. The topological polar surface area (TPSA) is 79.9 Å². The van der Waals surface area contributed by atoms with Crippen LogP contribution in [0.2, 0.25) is 0 Å². The molecular formula is C27H38F3N3O4. The van der Waals surface area contributed by atoms with Gasteiger partial charge in [0.1, 0.15) is 5.75 Å². The third-order valence-electron chi connectivity index (χ3n) is 7.99. The van der Waals surface area contributed by atoms with Crippen LogP contribution in [0.5, 0.6) is 5.75 Å². The van der Waals surface area contributed by atoms with Crippen molar-refractivity contribution in [2.45, 2.75) is 70.7 Å². The number of benzene rings is 1. The van der Waals surface area contributed by atoms with Gasteiger partial charge in [0.25, 0.3) is 0 Å². The summed E-state index contributed by atoms with van der Waals surface area (Å²) in [6, 6.07) is 5.23. The van der Waals surface area contributed by atoms with E-state index >= 15 is 0 Å². The van der Waals surface area contributed by atoms with Crippen molar-refractivity contribution in [3.8, 4) is 5.75 Å². The second-order valence-electron chi connectivity index (χ2n) is 10.9. The highest BCUT2D eigenvalue weighted by molar-refractivity contribution is 5.86. The first kappa shape index (κ1) is 27.5. The third-order valence-corrected chi connectivity index (χ3v) is 7.99. The van der Waals surface area contributed by atoms with Crippen molar-refractivity contribution in [1.29, 1.82) is 0 Å². The van der Waals surface area contributed by atoms with E-state index in [4.69, 9.17) is 4.74 Å². The average Bonchev–Trinajstić information content (AvgIpc) is 3.63. The van der Waals surface area contributed by atoms with Gasteiger partial charge < -0.3 is 25.0 Å². The Morgan fingerprint density at radius 1 is 1.11 bits per heavy atom. The lowest BCUT2D eigenvalue weighted by Gasteiger charge is -2.32. The standard InChI is InChI=1S/C27H38F3N3O4/c1-19(18-31-22-2-4-23(5-3-22)37-27(28,29)30)32-25(35)21(17-24(34)33-12-14-36-15-13-33)16-20-6-8-26(9-7-20)10-11-26/h2-5,19-21,31H,6-18H2,1H3,(H,32,35)/t19-,21+/m0/s1. The SMILES string of the molecule is C[C@@H](CNc1ccc(OC(F)(F)F)cc1)NC(=O)[C@@H](CC(=O)N1CCOCC1)CC1CCC2(CC1)CC2. The second-order valence-corrected chi connectivity index (χ2v) is 10.9. The number of rotatable bonds is 10. The highest BCUT2D eigenvalue weighted by Crippen LogP contribution is 2.57. The van der Waals surface area contributed by atoms with Gasteiger partial charge in [0.05, 0.1) is 13.2 Å². The first-order valence-electron chi connectivity index (χ1n) is 13.4. The number of nitrogens with one attached hydrogen (secondary N) is 2. The molecule has 2 saturated carbocycles. The molecule has 3 fully saturated rings. The molecule has 37 heavy (non-hydrogen) atoms. The summed E-state index contributed by atoms with van der Waals surface area (Å²) in [6.45, 7) is 4.43. The fourth-order valence-electron chi connectivity index (χ4n) is 5.50. The van der Waals surface area contributed by atoms with Gasteiger partial charge in [-0.05, 0) is 87.5 Å². The molecule has 3 aliphatic rings. The lowest BCUT2D eigenvalue weighted by molar-refractivity contribution is -0.274. The van der Waals surface area contributed by atoms with E-state index in [1.54, 1.807) is 4.90 Å². The molecule has 0 aromatic heterocycles. The Labute approximate surface area is 216 Å². The monoisotopic (exact) mass is 525 g/mol. The zero-order chi connectivity index (χ0) is 26.5. The van der Waals surface area contributed by atoms with Gasteiger partial charge in [-0.15, -0.1) is 13.2 Å². The molecule has 1 aliphatic heterocycles. The molecule has 1 saturated heterocycles. The van der Waals surface area contributed by atoms with Crippen molar-refractivity contribution in [3.63, 3.8) is 0 Å². The molecular weight excluding hydrogens is 487 g/mol. The molecule has 2 aliphatic carbocycles. The molecule has 10 heteroatoms. The summed E-state index contributed by atoms with van der Waals surface area (Å²) < 4.78 is 46.3. The van der Waals surface area contributed by atoms with Crippen molar-refractivity contribution in [2.24, 2.45) is 17.3 Å². The van der Waals surface area contributed by atoms with Gasteiger partial charge in [0, 0.05) is 43.7 Å². The van der Waals surface area contributed by atoms with E-state index in [9.17, 15) is 22.8 Å². The van der Waals surface area contributed by atoms with Crippen LogP contribution in [-0.2, 0) is 14.3 Å². The molecule has 2 N–H and O–H groups in total. The smallest absolute Gasteiger partial charge is 0.406 e.